The lowest BCUT2D eigenvalue weighted by molar-refractivity contribution is 0.542. The van der Waals surface area contributed by atoms with Gasteiger partial charge in [-0.15, -0.1) is 0 Å². The summed E-state index contributed by atoms with van der Waals surface area (Å²) < 4.78 is 0. The number of hydrogen-bond donors (Lipinski definition) is 2. The summed E-state index contributed by atoms with van der Waals surface area (Å²) >= 11 is 0. The molecule has 0 rings (SSSR count). The first-order chi connectivity index (χ1) is 4.81. The molecule has 0 saturated carbocycles. The molecule has 0 aromatic heterocycles. The Kier molecular flexibility index (Phi) is 14.7. The molecule has 0 aliphatic carbocycles. The molecular weight excluding hydrogens is 124 g/mol. The van der Waals surface area contributed by atoms with E-state index in [1.807, 2.05) is 13.8 Å². The van der Waals surface area contributed by atoms with Gasteiger partial charge < -0.3 is 11.1 Å². The van der Waals surface area contributed by atoms with E-state index in [0.717, 1.165) is 13.1 Å². The molecule has 0 spiro atoms. The van der Waals surface area contributed by atoms with E-state index >= 15 is 0 Å². The molecule has 0 radical (unpaired) electrons. The lowest BCUT2D eigenvalue weighted by Crippen LogP contribution is -2.30. The molecule has 1 atom stereocenters. The maximum Gasteiger partial charge on any atom is 0.00769 e. The highest BCUT2D eigenvalue weighted by atomic mass is 14.9. The molecule has 0 fully saturated rings. The number of hydrogen-bond acceptors (Lipinski definition) is 2. The fraction of sp³-hybridized carbons (Fsp3) is 1.00. The second-order valence-electron chi connectivity index (χ2n) is 2.05. The lowest BCUT2D eigenvalue weighted by Gasteiger charge is -2.08. The number of nitrogens with one attached hydrogen (secondary N) is 1. The molecule has 0 bridgehead atoms. The number of nitrogens with two attached hydrogens (primary N) is 1. The van der Waals surface area contributed by atoms with Crippen LogP contribution in [-0.2, 0) is 0 Å². The molecule has 2 nitrogen and oxygen atoms in total. The normalized spacial score (nSPS) is 11.7. The van der Waals surface area contributed by atoms with E-state index in [2.05, 4.69) is 19.2 Å². The van der Waals surface area contributed by atoms with Gasteiger partial charge in [0.15, 0.2) is 0 Å². The van der Waals surface area contributed by atoms with Crippen LogP contribution in [0.1, 0.15) is 34.1 Å². The predicted molar refractivity (Wildman–Crippen MR) is 48.2 cm³/mol. The van der Waals surface area contributed by atoms with Crippen molar-refractivity contribution in [3.8, 4) is 0 Å². The predicted octanol–water partition coefficient (Wildman–Crippen LogP) is 1.36. The van der Waals surface area contributed by atoms with Gasteiger partial charge in [0.2, 0.25) is 0 Å². The third-order valence-electron chi connectivity index (χ3n) is 1.25. The summed E-state index contributed by atoms with van der Waals surface area (Å²) in [4.78, 5) is 0. The van der Waals surface area contributed by atoms with Crippen molar-refractivity contribution in [2.24, 2.45) is 5.73 Å². The molecule has 0 amide bonds. The fourth-order valence-electron chi connectivity index (χ4n) is 0.474. The van der Waals surface area contributed by atoms with Crippen molar-refractivity contribution in [1.82, 2.24) is 5.32 Å². The summed E-state index contributed by atoms with van der Waals surface area (Å²) in [6.45, 7) is 10.0. The first-order valence-electron chi connectivity index (χ1n) is 4.24. The van der Waals surface area contributed by atoms with Crippen LogP contribution in [0.3, 0.4) is 0 Å². The molecule has 1 unspecified atom stereocenters. The Morgan fingerprint density at radius 3 is 2.20 bits per heavy atom. The average molecular weight is 146 g/mol. The van der Waals surface area contributed by atoms with E-state index in [1.54, 1.807) is 0 Å². The number of rotatable bonds is 4. The van der Waals surface area contributed by atoms with Crippen LogP contribution in [0.15, 0.2) is 0 Å². The quantitative estimate of drug-likeness (QED) is 0.628. The minimum atomic E-state index is 0.624. The van der Waals surface area contributed by atoms with Gasteiger partial charge in [-0.1, -0.05) is 20.8 Å². The van der Waals surface area contributed by atoms with E-state index in [9.17, 15) is 0 Å². The van der Waals surface area contributed by atoms with Crippen molar-refractivity contribution in [3.05, 3.63) is 0 Å². The average Bonchev–Trinajstić information content (AvgIpc) is 2.04. The Balaban J connectivity index is 0. The van der Waals surface area contributed by atoms with Crippen molar-refractivity contribution < 1.29 is 0 Å². The van der Waals surface area contributed by atoms with Gasteiger partial charge in [-0.3, -0.25) is 0 Å². The van der Waals surface area contributed by atoms with E-state index in [4.69, 9.17) is 5.73 Å². The van der Waals surface area contributed by atoms with Gasteiger partial charge in [0.1, 0.15) is 0 Å². The molecule has 0 aliphatic rings. The summed E-state index contributed by atoms with van der Waals surface area (Å²) in [5.41, 5.74) is 5.27. The summed E-state index contributed by atoms with van der Waals surface area (Å²) in [6.07, 6.45) is 1.18. The second-order valence-corrected chi connectivity index (χ2v) is 2.05. The molecule has 0 aromatic carbocycles. The lowest BCUT2D eigenvalue weighted by atomic mass is 10.3. The summed E-state index contributed by atoms with van der Waals surface area (Å²) in [7, 11) is 0. The minimum Gasteiger partial charge on any atom is -0.329 e. The molecule has 10 heavy (non-hydrogen) atoms. The highest BCUT2D eigenvalue weighted by Crippen LogP contribution is 1.84. The molecule has 0 heterocycles. The van der Waals surface area contributed by atoms with Crippen LogP contribution in [-0.4, -0.2) is 19.1 Å². The zero-order valence-corrected chi connectivity index (χ0v) is 7.78. The van der Waals surface area contributed by atoms with Crippen molar-refractivity contribution in [3.63, 3.8) is 0 Å². The largest absolute Gasteiger partial charge is 0.329 e. The van der Waals surface area contributed by atoms with Gasteiger partial charge in [0.05, 0.1) is 0 Å². The van der Waals surface area contributed by atoms with E-state index in [0.29, 0.717) is 6.04 Å². The molecule has 0 saturated heterocycles. The Hall–Kier alpha value is -0.0800. The zero-order valence-electron chi connectivity index (χ0n) is 7.78. The Morgan fingerprint density at radius 1 is 1.40 bits per heavy atom. The zero-order chi connectivity index (χ0) is 8.41. The van der Waals surface area contributed by atoms with Crippen LogP contribution in [0.2, 0.25) is 0 Å². The Bertz CT molecular complexity index is 46.5. The van der Waals surface area contributed by atoms with Crippen molar-refractivity contribution in [2.75, 3.05) is 13.1 Å². The maximum absolute atomic E-state index is 5.27. The van der Waals surface area contributed by atoms with Crippen molar-refractivity contribution in [2.45, 2.75) is 40.2 Å². The molecule has 3 N–H and O–H groups in total. The van der Waals surface area contributed by atoms with E-state index in [-0.39, 0.29) is 0 Å². The fourth-order valence-corrected chi connectivity index (χ4v) is 0.474. The minimum absolute atomic E-state index is 0.624. The molecule has 0 aromatic rings. The SMILES string of the molecule is CC.CCC(C)NCCN. The van der Waals surface area contributed by atoms with E-state index in [1.165, 1.54) is 6.42 Å². The smallest absolute Gasteiger partial charge is 0.00769 e. The highest BCUT2D eigenvalue weighted by Gasteiger charge is 1.92. The van der Waals surface area contributed by atoms with Gasteiger partial charge in [-0.2, -0.15) is 0 Å². The van der Waals surface area contributed by atoms with Crippen molar-refractivity contribution in [1.29, 1.82) is 0 Å². The topological polar surface area (TPSA) is 38.0 Å². The van der Waals surface area contributed by atoms with Gasteiger partial charge in [-0.05, 0) is 13.3 Å². The van der Waals surface area contributed by atoms with Crippen molar-refractivity contribution >= 4 is 0 Å². The van der Waals surface area contributed by atoms with Crippen LogP contribution in [0.5, 0.6) is 0 Å². The summed E-state index contributed by atoms with van der Waals surface area (Å²) in [5.74, 6) is 0. The molecular formula is C8H22N2. The summed E-state index contributed by atoms with van der Waals surface area (Å²) in [5, 5.41) is 3.26. The standard InChI is InChI=1S/C6H16N2.C2H6/c1-3-6(2)8-5-4-7;1-2/h6,8H,3-5,7H2,1-2H3;1-2H3. The van der Waals surface area contributed by atoms with Crippen LogP contribution in [0.4, 0.5) is 0 Å². The molecule has 64 valence electrons. The monoisotopic (exact) mass is 146 g/mol. The van der Waals surface area contributed by atoms with Crippen LogP contribution in [0.25, 0.3) is 0 Å². The molecule has 0 aliphatic heterocycles. The van der Waals surface area contributed by atoms with Gasteiger partial charge in [0.25, 0.3) is 0 Å². The van der Waals surface area contributed by atoms with Crippen LogP contribution < -0.4 is 11.1 Å². The Labute approximate surface area is 65.2 Å². The first kappa shape index (κ1) is 12.6. The third-order valence-corrected chi connectivity index (χ3v) is 1.25. The maximum atomic E-state index is 5.27. The Morgan fingerprint density at radius 2 is 1.90 bits per heavy atom. The van der Waals surface area contributed by atoms with E-state index < -0.39 is 0 Å². The van der Waals surface area contributed by atoms with Gasteiger partial charge in [0, 0.05) is 19.1 Å². The molecule has 2 heteroatoms. The summed E-state index contributed by atoms with van der Waals surface area (Å²) in [6, 6.07) is 0.624. The second kappa shape index (κ2) is 11.7. The third kappa shape index (κ3) is 10.8. The van der Waals surface area contributed by atoms with Gasteiger partial charge in [-0.25, -0.2) is 0 Å². The van der Waals surface area contributed by atoms with Crippen LogP contribution >= 0.6 is 0 Å². The first-order valence-corrected chi connectivity index (χ1v) is 4.24. The van der Waals surface area contributed by atoms with Crippen LogP contribution in [0, 0.1) is 0 Å². The highest BCUT2D eigenvalue weighted by molar-refractivity contribution is 4.56. The van der Waals surface area contributed by atoms with Gasteiger partial charge >= 0.3 is 0 Å².